The summed E-state index contributed by atoms with van der Waals surface area (Å²) in [5.41, 5.74) is 5.13. The molecule has 0 aromatic heterocycles. The summed E-state index contributed by atoms with van der Waals surface area (Å²) in [5, 5.41) is 4.43. The molecule has 0 saturated carbocycles. The summed E-state index contributed by atoms with van der Waals surface area (Å²) in [4.78, 5) is 2.68. The van der Waals surface area contributed by atoms with E-state index in [9.17, 15) is 8.42 Å². The molecule has 0 heterocycles. The van der Waals surface area contributed by atoms with Crippen LogP contribution in [0.3, 0.4) is 0 Å². The predicted octanol–water partition coefficient (Wildman–Crippen LogP) is 4.41. The van der Waals surface area contributed by atoms with Crippen LogP contribution >= 0.6 is 0 Å². The van der Waals surface area contributed by atoms with E-state index < -0.39 is 10.0 Å². The number of fused-ring (bicyclic) bond motifs is 1. The monoisotopic (exact) mass is 390 g/mol. The van der Waals surface area contributed by atoms with Crippen LogP contribution in [0.5, 0.6) is 0 Å². The Balaban J connectivity index is 1.73. The maximum absolute atomic E-state index is 12.7. The molecule has 4 rings (SSSR count). The van der Waals surface area contributed by atoms with Crippen molar-refractivity contribution in [1.29, 1.82) is 0 Å². The van der Waals surface area contributed by atoms with Gasteiger partial charge in [0.1, 0.15) is 0 Å². The van der Waals surface area contributed by atoms with Crippen LogP contribution in [0.4, 0.5) is 0 Å². The Morgan fingerprint density at radius 3 is 2.32 bits per heavy atom. The van der Waals surface area contributed by atoms with Crippen molar-refractivity contribution in [3.05, 3.63) is 101 Å². The van der Waals surface area contributed by atoms with Crippen molar-refractivity contribution in [1.82, 2.24) is 4.83 Å². The summed E-state index contributed by atoms with van der Waals surface area (Å²) < 4.78 is 25.4. The average molecular weight is 391 g/mol. The smallest absolute Gasteiger partial charge is 0.200 e. The van der Waals surface area contributed by atoms with E-state index in [4.69, 9.17) is 0 Å². The lowest BCUT2D eigenvalue weighted by atomic mass is 9.78. The SMILES string of the molecule is Cc1ccc(S(=O)(=O)NN=C2c3ccccc3CCC2c2ccccc2)cc1. The van der Waals surface area contributed by atoms with Crippen molar-refractivity contribution in [3.8, 4) is 0 Å². The molecule has 0 spiro atoms. The first-order chi connectivity index (χ1) is 13.5. The van der Waals surface area contributed by atoms with Crippen molar-refractivity contribution < 1.29 is 8.42 Å². The first-order valence-corrected chi connectivity index (χ1v) is 10.8. The van der Waals surface area contributed by atoms with E-state index in [0.29, 0.717) is 0 Å². The molecule has 1 atom stereocenters. The zero-order chi connectivity index (χ0) is 19.6. The Kier molecular flexibility index (Phi) is 5.01. The molecule has 3 aromatic rings. The van der Waals surface area contributed by atoms with E-state index >= 15 is 0 Å². The van der Waals surface area contributed by atoms with Gasteiger partial charge in [0.2, 0.25) is 0 Å². The highest BCUT2D eigenvalue weighted by Crippen LogP contribution is 2.33. The maximum Gasteiger partial charge on any atom is 0.276 e. The van der Waals surface area contributed by atoms with E-state index in [0.717, 1.165) is 35.2 Å². The predicted molar refractivity (Wildman–Crippen MR) is 112 cm³/mol. The Morgan fingerprint density at radius 1 is 0.893 bits per heavy atom. The third kappa shape index (κ3) is 3.71. The number of hydrogen-bond acceptors (Lipinski definition) is 3. The minimum absolute atomic E-state index is 0.0526. The molecule has 28 heavy (non-hydrogen) atoms. The molecule has 3 aromatic carbocycles. The summed E-state index contributed by atoms with van der Waals surface area (Å²) in [5.74, 6) is 0.0526. The second-order valence-electron chi connectivity index (χ2n) is 7.06. The average Bonchev–Trinajstić information content (AvgIpc) is 2.73. The molecule has 1 N–H and O–H groups in total. The zero-order valence-corrected chi connectivity index (χ0v) is 16.5. The first-order valence-electron chi connectivity index (χ1n) is 9.34. The van der Waals surface area contributed by atoms with Crippen LogP contribution in [0.15, 0.2) is 88.9 Å². The van der Waals surface area contributed by atoms with Crippen molar-refractivity contribution >= 4 is 15.7 Å². The summed E-state index contributed by atoms with van der Waals surface area (Å²) in [6, 6.07) is 25.0. The molecular weight excluding hydrogens is 368 g/mol. The molecule has 0 radical (unpaired) electrons. The van der Waals surface area contributed by atoms with Crippen molar-refractivity contribution in [3.63, 3.8) is 0 Å². The van der Waals surface area contributed by atoms with Gasteiger partial charge in [-0.1, -0.05) is 72.3 Å². The van der Waals surface area contributed by atoms with Crippen molar-refractivity contribution in [2.75, 3.05) is 0 Å². The fraction of sp³-hybridized carbons (Fsp3) is 0.174. The van der Waals surface area contributed by atoms with Gasteiger partial charge in [-0.2, -0.15) is 18.4 Å². The van der Waals surface area contributed by atoms with Gasteiger partial charge in [0.15, 0.2) is 0 Å². The standard InChI is InChI=1S/C23H22N2O2S/c1-17-11-14-20(15-12-17)28(26,27)25-24-23-21-10-6-5-9-19(21)13-16-22(23)18-7-3-2-4-8-18/h2-12,14-15,22,25H,13,16H2,1H3. The summed E-state index contributed by atoms with van der Waals surface area (Å²) in [7, 11) is -3.72. The Morgan fingerprint density at radius 2 is 1.57 bits per heavy atom. The van der Waals surface area contributed by atoms with Gasteiger partial charge in [-0.25, -0.2) is 0 Å². The molecule has 4 nitrogen and oxygen atoms in total. The number of nitrogens with zero attached hydrogens (tertiary/aromatic N) is 1. The van der Waals surface area contributed by atoms with Crippen LogP contribution in [-0.4, -0.2) is 14.1 Å². The molecule has 5 heteroatoms. The minimum atomic E-state index is -3.72. The largest absolute Gasteiger partial charge is 0.276 e. The van der Waals surface area contributed by atoms with Crippen LogP contribution in [0.25, 0.3) is 0 Å². The van der Waals surface area contributed by atoms with Gasteiger partial charge in [0, 0.05) is 11.5 Å². The van der Waals surface area contributed by atoms with Crippen LogP contribution in [0.1, 0.15) is 34.6 Å². The lowest BCUT2D eigenvalue weighted by Crippen LogP contribution is -2.27. The quantitative estimate of drug-likeness (QED) is 0.671. The third-order valence-corrected chi connectivity index (χ3v) is 6.37. The fourth-order valence-corrected chi connectivity index (χ4v) is 4.46. The molecule has 1 unspecified atom stereocenters. The first kappa shape index (κ1) is 18.4. The fourth-order valence-electron chi connectivity index (χ4n) is 3.64. The molecule has 1 aliphatic carbocycles. The Hall–Kier alpha value is -2.92. The normalized spacial score (nSPS) is 17.9. The topological polar surface area (TPSA) is 58.5 Å². The molecule has 0 amide bonds. The Bertz CT molecular complexity index is 1100. The zero-order valence-electron chi connectivity index (χ0n) is 15.7. The summed E-state index contributed by atoms with van der Waals surface area (Å²) in [6.45, 7) is 1.92. The summed E-state index contributed by atoms with van der Waals surface area (Å²) >= 11 is 0. The van der Waals surface area contributed by atoms with E-state index in [2.05, 4.69) is 28.1 Å². The number of sulfonamides is 1. The lowest BCUT2D eigenvalue weighted by molar-refractivity contribution is 0.584. The highest BCUT2D eigenvalue weighted by Gasteiger charge is 2.27. The van der Waals surface area contributed by atoms with Crippen LogP contribution < -0.4 is 4.83 Å². The van der Waals surface area contributed by atoms with Crippen LogP contribution in [0, 0.1) is 6.92 Å². The second kappa shape index (κ2) is 7.60. The molecule has 1 aliphatic rings. The molecule has 0 fully saturated rings. The van der Waals surface area contributed by atoms with Crippen molar-refractivity contribution in [2.24, 2.45) is 5.10 Å². The van der Waals surface area contributed by atoms with Gasteiger partial charge in [-0.15, -0.1) is 0 Å². The lowest BCUT2D eigenvalue weighted by Gasteiger charge is -2.27. The van der Waals surface area contributed by atoms with Crippen LogP contribution in [0.2, 0.25) is 0 Å². The van der Waals surface area contributed by atoms with E-state index in [1.54, 1.807) is 24.3 Å². The minimum Gasteiger partial charge on any atom is -0.200 e. The Labute approximate surface area is 166 Å². The molecule has 0 saturated heterocycles. The maximum atomic E-state index is 12.7. The summed E-state index contributed by atoms with van der Waals surface area (Å²) in [6.07, 6.45) is 1.84. The number of rotatable bonds is 4. The highest BCUT2D eigenvalue weighted by molar-refractivity contribution is 7.89. The molecule has 142 valence electrons. The number of nitrogens with one attached hydrogen (secondary N) is 1. The van der Waals surface area contributed by atoms with Crippen LogP contribution in [-0.2, 0) is 16.4 Å². The van der Waals surface area contributed by atoms with E-state index in [1.165, 1.54) is 5.56 Å². The molecular formula is C23H22N2O2S. The second-order valence-corrected chi connectivity index (χ2v) is 8.72. The number of hydrazone groups is 1. The van der Waals surface area contributed by atoms with Gasteiger partial charge in [0.25, 0.3) is 10.0 Å². The van der Waals surface area contributed by atoms with Gasteiger partial charge >= 0.3 is 0 Å². The highest BCUT2D eigenvalue weighted by atomic mass is 32.2. The van der Waals surface area contributed by atoms with E-state index in [1.807, 2.05) is 43.3 Å². The van der Waals surface area contributed by atoms with Gasteiger partial charge < -0.3 is 0 Å². The molecule has 0 aliphatic heterocycles. The molecule has 0 bridgehead atoms. The number of hydrogen-bond donors (Lipinski definition) is 1. The van der Waals surface area contributed by atoms with Gasteiger partial charge in [-0.05, 0) is 43.0 Å². The number of aryl methyl sites for hydroxylation is 2. The van der Waals surface area contributed by atoms with E-state index in [-0.39, 0.29) is 10.8 Å². The number of benzene rings is 3. The van der Waals surface area contributed by atoms with Gasteiger partial charge in [-0.3, -0.25) is 0 Å². The third-order valence-electron chi connectivity index (χ3n) is 5.15. The van der Waals surface area contributed by atoms with Crippen molar-refractivity contribution in [2.45, 2.75) is 30.6 Å². The van der Waals surface area contributed by atoms with Gasteiger partial charge in [0.05, 0.1) is 10.6 Å².